The summed E-state index contributed by atoms with van der Waals surface area (Å²) in [6, 6.07) is 23.7. The van der Waals surface area contributed by atoms with E-state index in [1.807, 2.05) is 88.0 Å². The topological polar surface area (TPSA) is 201 Å². The Balaban J connectivity index is 0.000000186. The maximum atomic E-state index is 11.4. The average Bonchev–Trinajstić information content (AvgIpc) is 3.82. The number of benzene rings is 2. The van der Waals surface area contributed by atoms with Gasteiger partial charge in [0.15, 0.2) is 11.3 Å². The molecule has 6 aromatic rings. The fraction of sp³-hybridized carbons (Fsp3) is 0.316. The first-order valence-electron chi connectivity index (χ1n) is 17.7. The summed E-state index contributed by atoms with van der Waals surface area (Å²) >= 11 is 12.2. The largest absolute Gasteiger partial charge is 0.411 e. The Labute approximate surface area is 322 Å². The van der Waals surface area contributed by atoms with Crippen molar-refractivity contribution in [3.63, 3.8) is 0 Å². The number of ketones is 1. The highest BCUT2D eigenvalue weighted by Gasteiger charge is 2.20. The van der Waals surface area contributed by atoms with Crippen molar-refractivity contribution in [3.05, 3.63) is 95.2 Å². The number of anilines is 2. The van der Waals surface area contributed by atoms with Gasteiger partial charge in [-0.15, -0.1) is 10.2 Å². The first-order chi connectivity index (χ1) is 26.3. The van der Waals surface area contributed by atoms with Crippen LogP contribution in [0.15, 0.2) is 90.3 Å². The van der Waals surface area contributed by atoms with Crippen LogP contribution < -0.4 is 16.5 Å². The molecule has 7 N–H and O–H groups in total. The van der Waals surface area contributed by atoms with Gasteiger partial charge in [0.2, 0.25) is 0 Å². The lowest BCUT2D eigenvalue weighted by Crippen LogP contribution is -2.26. The van der Waals surface area contributed by atoms with Crippen molar-refractivity contribution in [2.24, 2.45) is 11.1 Å². The fourth-order valence-electron chi connectivity index (χ4n) is 6.29. The highest BCUT2D eigenvalue weighted by atomic mass is 35.5. The molecule has 2 aliphatic rings. The summed E-state index contributed by atoms with van der Waals surface area (Å²) in [5, 5.41) is 43.9. The lowest BCUT2D eigenvalue weighted by atomic mass is 9.94. The number of Topliss-reactive ketones (excluding diaryl/α,β-unsaturated/α-hetero) is 1. The summed E-state index contributed by atoms with van der Waals surface area (Å²) in [5.41, 5.74) is 6.20. The summed E-state index contributed by atoms with van der Waals surface area (Å²) < 4.78 is 3.65. The second kappa shape index (κ2) is 19.8. The molecule has 0 unspecified atom stereocenters. The average molecular weight is 776 g/mol. The maximum absolute atomic E-state index is 11.4. The van der Waals surface area contributed by atoms with E-state index in [1.165, 1.54) is 0 Å². The number of imidazole rings is 2. The SMILES string of the molecule is CCO.NO.O=C1CCC(Nc2ccc3ncc(-c4cccc(Cl)c4)n3n2)CC1.ON=C1CCC(Nc2ccc3ncc(-c4cccc(Cl)c4)n3n2)CC1. The standard InChI is InChI=1S/C18H18ClN5O.C18H17ClN4O.C2H6O.H3NO/c19-13-3-1-2-12(10-13)16-11-20-18-9-8-17(22-24(16)18)21-14-4-6-15(23-25)7-5-14;19-13-3-1-2-12(10-13)16-11-20-18-9-8-17(22-23(16)18)21-14-4-6-15(24)7-5-14;1-2-3;1-2/h1-3,8-11,14,25H,4-7H2,(H,21,22);1-3,8-11,14H,4-7H2,(H,21,22);3H,2H2,1H3;2H,1H2. The zero-order valence-electron chi connectivity index (χ0n) is 29.8. The van der Waals surface area contributed by atoms with Crippen molar-refractivity contribution in [2.45, 2.75) is 70.4 Å². The minimum Gasteiger partial charge on any atom is -0.411 e. The molecule has 0 bridgehead atoms. The molecular formula is C38H44Cl2N10O4. The number of halogens is 2. The molecule has 16 heteroatoms. The zero-order chi connectivity index (χ0) is 38.5. The number of aliphatic hydroxyl groups excluding tert-OH is 1. The number of carbonyl (C=O) groups excluding carboxylic acids is 1. The third kappa shape index (κ3) is 10.5. The third-order valence-electron chi connectivity index (χ3n) is 8.92. The number of nitrogens with two attached hydrogens (primary N) is 1. The molecule has 54 heavy (non-hydrogen) atoms. The van der Waals surface area contributed by atoms with Crippen LogP contribution in [0.2, 0.25) is 10.0 Å². The van der Waals surface area contributed by atoms with Crippen LogP contribution in [0.1, 0.15) is 58.3 Å². The number of oxime groups is 1. The number of nitrogens with one attached hydrogen (secondary N) is 2. The highest BCUT2D eigenvalue weighted by molar-refractivity contribution is 6.31. The van der Waals surface area contributed by atoms with Crippen molar-refractivity contribution in [2.75, 3.05) is 17.2 Å². The van der Waals surface area contributed by atoms with E-state index in [0.29, 0.717) is 40.8 Å². The van der Waals surface area contributed by atoms with Gasteiger partial charge in [0, 0.05) is 52.7 Å². The van der Waals surface area contributed by atoms with Gasteiger partial charge in [0.05, 0.1) is 29.5 Å². The number of fused-ring (bicyclic) bond motifs is 2. The molecule has 4 aromatic heterocycles. The zero-order valence-corrected chi connectivity index (χ0v) is 31.3. The Kier molecular flexibility index (Phi) is 14.7. The number of hydrogen-bond acceptors (Lipinski definition) is 12. The lowest BCUT2D eigenvalue weighted by molar-refractivity contribution is -0.120. The highest BCUT2D eigenvalue weighted by Crippen LogP contribution is 2.27. The smallest absolute Gasteiger partial charge is 0.154 e. The number of carbonyl (C=O) groups is 1. The molecule has 4 heterocycles. The van der Waals surface area contributed by atoms with Gasteiger partial charge in [-0.3, -0.25) is 4.79 Å². The molecule has 2 saturated carbocycles. The van der Waals surface area contributed by atoms with Crippen molar-refractivity contribution >= 4 is 57.6 Å². The first kappa shape index (κ1) is 40.1. The minimum absolute atomic E-state index is 0.250. The van der Waals surface area contributed by atoms with E-state index in [4.69, 9.17) is 43.8 Å². The molecule has 2 fully saturated rings. The Morgan fingerprint density at radius 3 is 1.57 bits per heavy atom. The van der Waals surface area contributed by atoms with Crippen LogP contribution in [0.4, 0.5) is 11.6 Å². The number of rotatable bonds is 6. The first-order valence-corrected chi connectivity index (χ1v) is 18.4. The third-order valence-corrected chi connectivity index (χ3v) is 9.39. The molecule has 8 rings (SSSR count). The Bertz CT molecular complexity index is 2150. The monoisotopic (exact) mass is 774 g/mol. The quantitative estimate of drug-likeness (QED) is 0.0721. The van der Waals surface area contributed by atoms with E-state index >= 15 is 0 Å². The van der Waals surface area contributed by atoms with Crippen LogP contribution in [0.25, 0.3) is 33.8 Å². The van der Waals surface area contributed by atoms with Crippen LogP contribution >= 0.6 is 23.2 Å². The Hall–Kier alpha value is -5.12. The van der Waals surface area contributed by atoms with Crippen molar-refractivity contribution in [1.29, 1.82) is 0 Å². The maximum Gasteiger partial charge on any atom is 0.154 e. The predicted octanol–water partition coefficient (Wildman–Crippen LogP) is 7.54. The molecule has 14 nitrogen and oxygen atoms in total. The number of hydrogen-bond donors (Lipinski definition) is 6. The second-order valence-electron chi connectivity index (χ2n) is 12.6. The molecule has 2 aliphatic carbocycles. The van der Waals surface area contributed by atoms with Crippen LogP contribution in [-0.2, 0) is 4.79 Å². The Morgan fingerprint density at radius 2 is 1.17 bits per heavy atom. The van der Waals surface area contributed by atoms with E-state index in [2.05, 4.69) is 36.8 Å². The summed E-state index contributed by atoms with van der Waals surface area (Å²) in [6.07, 6.45) is 10.1. The van der Waals surface area contributed by atoms with Crippen LogP contribution in [-0.4, -0.2) is 74.9 Å². The van der Waals surface area contributed by atoms with Gasteiger partial charge in [0.1, 0.15) is 17.4 Å². The van der Waals surface area contributed by atoms with Gasteiger partial charge >= 0.3 is 0 Å². The molecule has 0 amide bonds. The summed E-state index contributed by atoms with van der Waals surface area (Å²) in [4.78, 5) is 20.2. The number of aliphatic hydroxyl groups is 1. The molecule has 0 aliphatic heterocycles. The van der Waals surface area contributed by atoms with E-state index in [9.17, 15) is 4.79 Å². The summed E-state index contributed by atoms with van der Waals surface area (Å²) in [6.45, 7) is 1.93. The van der Waals surface area contributed by atoms with E-state index < -0.39 is 0 Å². The lowest BCUT2D eigenvalue weighted by Gasteiger charge is -2.23. The second-order valence-corrected chi connectivity index (χ2v) is 13.5. The van der Waals surface area contributed by atoms with E-state index in [0.717, 1.165) is 89.7 Å². The van der Waals surface area contributed by atoms with E-state index in [-0.39, 0.29) is 6.61 Å². The van der Waals surface area contributed by atoms with Crippen molar-refractivity contribution in [1.82, 2.24) is 29.2 Å². The molecule has 2 aromatic carbocycles. The van der Waals surface area contributed by atoms with E-state index in [1.54, 1.807) is 13.1 Å². The van der Waals surface area contributed by atoms with Crippen molar-refractivity contribution < 1.29 is 20.3 Å². The van der Waals surface area contributed by atoms with Gasteiger partial charge in [0.25, 0.3) is 0 Å². The predicted molar refractivity (Wildman–Crippen MR) is 212 cm³/mol. The van der Waals surface area contributed by atoms with Gasteiger partial charge < -0.3 is 26.2 Å². The molecule has 0 atom stereocenters. The van der Waals surface area contributed by atoms with Gasteiger partial charge in [-0.1, -0.05) is 52.6 Å². The summed E-state index contributed by atoms with van der Waals surface area (Å²) in [7, 11) is 0. The van der Waals surface area contributed by atoms with Gasteiger partial charge in [-0.25, -0.2) is 24.9 Å². The van der Waals surface area contributed by atoms with Crippen LogP contribution in [0.5, 0.6) is 0 Å². The normalized spacial score (nSPS) is 15.6. The molecular weight excluding hydrogens is 731 g/mol. The molecule has 0 saturated heterocycles. The molecule has 284 valence electrons. The molecule has 0 spiro atoms. The number of nitrogens with zero attached hydrogens (tertiary/aromatic N) is 7. The van der Waals surface area contributed by atoms with Crippen molar-refractivity contribution in [3.8, 4) is 22.5 Å². The molecule has 0 radical (unpaired) electrons. The number of aromatic nitrogens is 6. The minimum atomic E-state index is 0.250. The fourth-order valence-corrected chi connectivity index (χ4v) is 6.67. The van der Waals surface area contributed by atoms with Gasteiger partial charge in [-0.05, 0) is 94.0 Å². The Morgan fingerprint density at radius 1 is 0.741 bits per heavy atom. The van der Waals surface area contributed by atoms with Crippen LogP contribution in [0.3, 0.4) is 0 Å². The summed E-state index contributed by atoms with van der Waals surface area (Å²) in [5.74, 6) is 5.46. The van der Waals surface area contributed by atoms with Gasteiger partial charge in [-0.2, -0.15) is 0 Å². The van der Waals surface area contributed by atoms with Crippen LogP contribution in [0, 0.1) is 0 Å².